The van der Waals surface area contributed by atoms with Crippen molar-refractivity contribution in [1.82, 2.24) is 5.32 Å². The second kappa shape index (κ2) is 38.7. The Morgan fingerprint density at radius 2 is 0.882 bits per heavy atom. The van der Waals surface area contributed by atoms with Gasteiger partial charge < -0.3 is 20.1 Å². The van der Waals surface area contributed by atoms with Crippen LogP contribution in [0.4, 0.5) is 0 Å². The van der Waals surface area contributed by atoms with Crippen LogP contribution in [0, 0.1) is 0 Å². The quantitative estimate of drug-likeness (QED) is 0.0320. The third kappa shape index (κ3) is 40.0. The van der Waals surface area contributed by atoms with E-state index < -0.39 is 26.5 Å². The maximum absolute atomic E-state index is 12.1. The van der Waals surface area contributed by atoms with E-state index in [1.54, 1.807) is 0 Å². The Balaban J connectivity index is 3.49. The molecule has 0 aliphatic carbocycles. The zero-order chi connectivity index (χ0) is 37.5. The lowest BCUT2D eigenvalue weighted by Gasteiger charge is -2.15. The van der Waals surface area contributed by atoms with E-state index in [4.69, 9.17) is 13.8 Å². The van der Waals surface area contributed by atoms with Crippen LogP contribution in [0.25, 0.3) is 0 Å². The molecule has 0 spiro atoms. The van der Waals surface area contributed by atoms with Crippen LogP contribution in [0.1, 0.15) is 219 Å². The summed E-state index contributed by atoms with van der Waals surface area (Å²) in [5.41, 5.74) is 0. The van der Waals surface area contributed by atoms with Gasteiger partial charge in [0.05, 0.1) is 13.2 Å². The van der Waals surface area contributed by atoms with Gasteiger partial charge in [-0.05, 0) is 12.8 Å². The van der Waals surface area contributed by atoms with Crippen LogP contribution in [0.5, 0.6) is 0 Å². The van der Waals surface area contributed by atoms with Crippen molar-refractivity contribution in [1.29, 1.82) is 0 Å². The summed E-state index contributed by atoms with van der Waals surface area (Å²) < 4.78 is 26.7. The summed E-state index contributed by atoms with van der Waals surface area (Å²) in [5.74, 6) is -0.510. The lowest BCUT2D eigenvalue weighted by molar-refractivity contribution is -0.147. The number of hydrogen-bond donors (Lipinski definition) is 3. The Labute approximate surface area is 314 Å². The summed E-state index contributed by atoms with van der Waals surface area (Å²) >= 11 is 0. The molecule has 0 radical (unpaired) electrons. The van der Waals surface area contributed by atoms with Gasteiger partial charge in [-0.25, -0.2) is 4.57 Å². The van der Waals surface area contributed by atoms with Gasteiger partial charge in [0.2, 0.25) is 5.91 Å². The molecule has 0 rings (SSSR count). The number of unbranched alkanes of at least 4 members (excludes halogenated alkanes) is 28. The van der Waals surface area contributed by atoms with Gasteiger partial charge in [-0.15, -0.1) is 0 Å². The second-order valence-electron chi connectivity index (χ2n) is 14.7. The number of aliphatic hydroxyl groups excluding tert-OH is 1. The minimum Gasteiger partial charge on any atom is -0.463 e. The predicted octanol–water partition coefficient (Wildman–Crippen LogP) is 11.7. The van der Waals surface area contributed by atoms with Gasteiger partial charge in [-0.3, -0.25) is 18.6 Å². The first-order valence-corrected chi connectivity index (χ1v) is 23.0. The fourth-order valence-corrected chi connectivity index (χ4v) is 7.02. The van der Waals surface area contributed by atoms with Crippen molar-refractivity contribution in [3.63, 3.8) is 0 Å². The predicted molar refractivity (Wildman–Crippen MR) is 211 cm³/mol. The highest BCUT2D eigenvalue weighted by Crippen LogP contribution is 2.42. The maximum atomic E-state index is 12.1. The van der Waals surface area contributed by atoms with Gasteiger partial charge in [-0.1, -0.05) is 194 Å². The zero-order valence-corrected chi connectivity index (χ0v) is 34.2. The Bertz CT molecular complexity index is 815. The number of carbonyl (C=O) groups excluding carboxylic acids is 2. The van der Waals surface area contributed by atoms with Gasteiger partial charge in [0.15, 0.2) is 0 Å². The Morgan fingerprint density at radius 1 is 0.529 bits per heavy atom. The molecule has 1 amide bonds. The number of carbonyl (C=O) groups is 2. The number of esters is 1. The van der Waals surface area contributed by atoms with Crippen molar-refractivity contribution < 1.29 is 37.9 Å². The lowest BCUT2D eigenvalue weighted by atomic mass is 10.0. The summed E-state index contributed by atoms with van der Waals surface area (Å²) in [6.07, 6.45) is 37.7. The van der Waals surface area contributed by atoms with E-state index in [9.17, 15) is 24.2 Å². The summed E-state index contributed by atoms with van der Waals surface area (Å²) in [4.78, 5) is 33.7. The van der Waals surface area contributed by atoms with Crippen molar-refractivity contribution in [2.75, 3.05) is 26.4 Å². The molecule has 0 aromatic carbocycles. The largest absolute Gasteiger partial charge is 0.472 e. The molecule has 3 N–H and O–H groups in total. The molecule has 0 fully saturated rings. The van der Waals surface area contributed by atoms with Crippen LogP contribution in [0.3, 0.4) is 0 Å². The maximum Gasteiger partial charge on any atom is 0.472 e. The van der Waals surface area contributed by atoms with E-state index in [1.165, 1.54) is 154 Å². The minimum absolute atomic E-state index is 0.0883. The zero-order valence-electron chi connectivity index (χ0n) is 33.3. The van der Waals surface area contributed by atoms with Crippen molar-refractivity contribution in [2.24, 2.45) is 0 Å². The molecular weight excluding hydrogens is 665 g/mol. The van der Waals surface area contributed by atoms with E-state index in [0.717, 1.165) is 38.5 Å². The highest BCUT2D eigenvalue weighted by atomic mass is 31.2. The standard InChI is InChI=1S/C41H82NO8P/c1-3-5-7-9-11-13-14-15-16-17-18-19-20-21-22-23-24-25-26-27-29-31-33-40(44)42-35-36-49-51(46,47)50-38-39(43)37-48-41(45)34-32-30-28-12-10-8-6-4-2/h39,43H,3-38H2,1-2H3,(H,42,44)(H,46,47). The topological polar surface area (TPSA) is 131 Å². The molecule has 0 aromatic rings. The molecule has 0 saturated carbocycles. The molecule has 0 aromatic heterocycles. The van der Waals surface area contributed by atoms with E-state index in [2.05, 4.69) is 19.2 Å². The second-order valence-corrected chi connectivity index (χ2v) is 16.1. The Hall–Kier alpha value is -0.990. The Kier molecular flexibility index (Phi) is 38.0. The average molecular weight is 748 g/mol. The van der Waals surface area contributed by atoms with Gasteiger partial charge in [0, 0.05) is 19.4 Å². The molecule has 0 aliphatic rings. The Morgan fingerprint density at radius 3 is 1.27 bits per heavy atom. The van der Waals surface area contributed by atoms with Crippen molar-refractivity contribution in [3.05, 3.63) is 0 Å². The molecule has 304 valence electrons. The molecule has 2 unspecified atom stereocenters. The average Bonchev–Trinajstić information content (AvgIpc) is 3.11. The highest BCUT2D eigenvalue weighted by Gasteiger charge is 2.23. The number of amides is 1. The van der Waals surface area contributed by atoms with E-state index >= 15 is 0 Å². The smallest absolute Gasteiger partial charge is 0.463 e. The molecule has 51 heavy (non-hydrogen) atoms. The SMILES string of the molecule is CCCCCCCCCCCCCCCCCCCCCCCCC(=O)NCCOP(=O)(O)OCC(O)COC(=O)CCCCCCCCCC. The van der Waals surface area contributed by atoms with Crippen LogP contribution in [0.15, 0.2) is 0 Å². The number of aliphatic hydroxyl groups is 1. The van der Waals surface area contributed by atoms with Gasteiger partial charge >= 0.3 is 13.8 Å². The summed E-state index contributed by atoms with van der Waals surface area (Å²) in [6.45, 7) is 3.55. The van der Waals surface area contributed by atoms with Crippen molar-refractivity contribution in [3.8, 4) is 0 Å². The third-order valence-electron chi connectivity index (χ3n) is 9.54. The number of rotatable bonds is 41. The monoisotopic (exact) mass is 748 g/mol. The van der Waals surface area contributed by atoms with Crippen LogP contribution in [-0.2, 0) is 27.9 Å². The first kappa shape index (κ1) is 50.0. The lowest BCUT2D eigenvalue weighted by Crippen LogP contribution is -2.27. The summed E-state index contributed by atoms with van der Waals surface area (Å²) in [6, 6.07) is 0. The van der Waals surface area contributed by atoms with E-state index in [1.807, 2.05) is 0 Å². The highest BCUT2D eigenvalue weighted by molar-refractivity contribution is 7.47. The van der Waals surface area contributed by atoms with Crippen LogP contribution in [-0.4, -0.2) is 54.3 Å². The number of ether oxygens (including phenoxy) is 1. The normalized spacial score (nSPS) is 13.3. The van der Waals surface area contributed by atoms with E-state index in [-0.39, 0.29) is 32.1 Å². The first-order valence-electron chi connectivity index (χ1n) is 21.5. The van der Waals surface area contributed by atoms with Crippen LogP contribution in [0.2, 0.25) is 0 Å². The third-order valence-corrected chi connectivity index (χ3v) is 10.5. The molecule has 10 heteroatoms. The van der Waals surface area contributed by atoms with Crippen molar-refractivity contribution in [2.45, 2.75) is 225 Å². The number of nitrogens with one attached hydrogen (secondary N) is 1. The molecule has 0 saturated heterocycles. The van der Waals surface area contributed by atoms with E-state index in [0.29, 0.717) is 6.42 Å². The van der Waals surface area contributed by atoms with Gasteiger partial charge in [0.1, 0.15) is 12.7 Å². The van der Waals surface area contributed by atoms with Gasteiger partial charge in [-0.2, -0.15) is 0 Å². The van der Waals surface area contributed by atoms with Gasteiger partial charge in [0.25, 0.3) is 0 Å². The molecular formula is C41H82NO8P. The molecule has 0 bridgehead atoms. The first-order chi connectivity index (χ1) is 24.8. The molecule has 9 nitrogen and oxygen atoms in total. The van der Waals surface area contributed by atoms with Crippen molar-refractivity contribution >= 4 is 19.7 Å². The minimum atomic E-state index is -4.40. The van der Waals surface area contributed by atoms with Crippen LogP contribution >= 0.6 is 7.82 Å². The summed E-state index contributed by atoms with van der Waals surface area (Å²) in [5, 5.41) is 12.6. The number of phosphoric ester groups is 1. The van der Waals surface area contributed by atoms with Crippen LogP contribution < -0.4 is 5.32 Å². The number of hydrogen-bond acceptors (Lipinski definition) is 7. The fraction of sp³-hybridized carbons (Fsp3) is 0.951. The number of phosphoric acid groups is 1. The molecule has 0 heterocycles. The fourth-order valence-electron chi connectivity index (χ4n) is 6.26. The molecule has 2 atom stereocenters. The molecule has 0 aliphatic heterocycles. The summed E-state index contributed by atoms with van der Waals surface area (Å²) in [7, 11) is -4.40.